The molecule has 0 unspecified atom stereocenters. The van der Waals surface area contributed by atoms with Gasteiger partial charge in [0.05, 0.1) is 5.75 Å². The third kappa shape index (κ3) is 4.51. The third-order valence-corrected chi connectivity index (χ3v) is 6.38. The zero-order chi connectivity index (χ0) is 20.1. The van der Waals surface area contributed by atoms with Crippen molar-refractivity contribution in [2.45, 2.75) is 25.8 Å². The Morgan fingerprint density at radius 3 is 2.64 bits per heavy atom. The molecule has 2 aromatic heterocycles. The van der Waals surface area contributed by atoms with Crippen LogP contribution in [0, 0.1) is 13.8 Å². The van der Waals surface area contributed by atoms with E-state index < -0.39 is 5.97 Å². The van der Waals surface area contributed by atoms with E-state index in [2.05, 4.69) is 9.97 Å². The smallest absolute Gasteiger partial charge is 0.316 e. The molecule has 6 nitrogen and oxygen atoms in total. The maximum absolute atomic E-state index is 12.4. The van der Waals surface area contributed by atoms with Crippen LogP contribution >= 0.6 is 23.1 Å². The number of nitrogens with zero attached hydrogens (tertiary/aromatic N) is 3. The molecule has 2 heterocycles. The molecule has 3 rings (SSSR count). The highest BCUT2D eigenvalue weighted by Crippen LogP contribution is 2.34. The summed E-state index contributed by atoms with van der Waals surface area (Å²) in [6.45, 7) is 6.18. The summed E-state index contributed by atoms with van der Waals surface area (Å²) >= 11 is 2.92. The Bertz CT molecular complexity index is 989. The van der Waals surface area contributed by atoms with E-state index in [9.17, 15) is 9.59 Å². The number of carbonyl (C=O) groups excluding carboxylic acids is 2. The first-order chi connectivity index (χ1) is 13.5. The largest absolute Gasteiger partial charge is 0.455 e. The number of para-hydroxylation sites is 1. The second-order valence-corrected chi connectivity index (χ2v) is 8.23. The van der Waals surface area contributed by atoms with Crippen molar-refractivity contribution in [3.8, 4) is 0 Å². The molecular formula is C20H21N3O3S2. The molecule has 0 aliphatic rings. The fraction of sp³-hybridized carbons (Fsp3) is 0.300. The molecular weight excluding hydrogens is 394 g/mol. The number of esters is 1. The summed E-state index contributed by atoms with van der Waals surface area (Å²) < 4.78 is 5.19. The Hall–Kier alpha value is -2.45. The van der Waals surface area contributed by atoms with Gasteiger partial charge in [0.2, 0.25) is 0 Å². The first kappa shape index (κ1) is 20.3. The molecule has 1 aromatic carbocycles. The summed E-state index contributed by atoms with van der Waals surface area (Å²) in [4.78, 5) is 36.8. The van der Waals surface area contributed by atoms with Crippen LogP contribution in [-0.2, 0) is 14.3 Å². The van der Waals surface area contributed by atoms with Crippen LogP contribution in [0.5, 0.6) is 0 Å². The molecule has 0 fully saturated rings. The zero-order valence-corrected chi connectivity index (χ0v) is 17.6. The summed E-state index contributed by atoms with van der Waals surface area (Å²) in [6.07, 6.45) is 1.51. The van der Waals surface area contributed by atoms with Crippen molar-refractivity contribution in [2.24, 2.45) is 0 Å². The van der Waals surface area contributed by atoms with Crippen molar-refractivity contribution in [3.63, 3.8) is 0 Å². The van der Waals surface area contributed by atoms with Crippen LogP contribution in [0.2, 0.25) is 0 Å². The number of rotatable bonds is 7. The van der Waals surface area contributed by atoms with E-state index in [0.717, 1.165) is 26.5 Å². The molecule has 0 atom stereocenters. The number of hydrogen-bond acceptors (Lipinski definition) is 7. The standard InChI is InChI=1S/C20H21N3O3S2/c1-4-23(15-8-6-5-7-9-15)16(24)10-26-17(25)11-27-19-18-13(2)14(3)28-20(18)22-12-21-19/h5-9,12H,4,10-11H2,1-3H3. The number of likely N-dealkylation sites (N-methyl/N-ethyl adjacent to an activating group) is 1. The number of fused-ring (bicyclic) bond motifs is 1. The Kier molecular flexibility index (Phi) is 6.64. The van der Waals surface area contributed by atoms with Crippen molar-refractivity contribution < 1.29 is 14.3 Å². The second-order valence-electron chi connectivity index (χ2n) is 6.07. The van der Waals surface area contributed by atoms with Crippen molar-refractivity contribution in [3.05, 3.63) is 47.1 Å². The Morgan fingerprint density at radius 1 is 1.18 bits per heavy atom. The highest BCUT2D eigenvalue weighted by molar-refractivity contribution is 8.00. The van der Waals surface area contributed by atoms with Crippen LogP contribution < -0.4 is 4.90 Å². The van der Waals surface area contributed by atoms with Crippen LogP contribution in [0.15, 0.2) is 41.7 Å². The monoisotopic (exact) mass is 415 g/mol. The van der Waals surface area contributed by atoms with Gasteiger partial charge in [0.1, 0.15) is 16.2 Å². The first-order valence-electron chi connectivity index (χ1n) is 8.85. The van der Waals surface area contributed by atoms with Gasteiger partial charge in [0, 0.05) is 22.5 Å². The molecule has 0 N–H and O–H groups in total. The number of ether oxygens (including phenoxy) is 1. The number of amides is 1. The minimum Gasteiger partial charge on any atom is -0.455 e. The lowest BCUT2D eigenvalue weighted by Gasteiger charge is -2.20. The average Bonchev–Trinajstić information content (AvgIpc) is 3.00. The number of benzene rings is 1. The molecule has 28 heavy (non-hydrogen) atoms. The van der Waals surface area contributed by atoms with Crippen LogP contribution in [0.1, 0.15) is 17.4 Å². The topological polar surface area (TPSA) is 72.4 Å². The molecule has 1 amide bonds. The van der Waals surface area contributed by atoms with E-state index in [4.69, 9.17) is 4.74 Å². The number of thiophene rings is 1. The minimum atomic E-state index is -0.446. The summed E-state index contributed by atoms with van der Waals surface area (Å²) in [6, 6.07) is 9.32. The second kappa shape index (κ2) is 9.16. The fourth-order valence-electron chi connectivity index (χ4n) is 2.76. The maximum atomic E-state index is 12.4. The minimum absolute atomic E-state index is 0.0885. The number of hydrogen-bond donors (Lipinski definition) is 0. The van der Waals surface area contributed by atoms with Crippen LogP contribution in [0.4, 0.5) is 5.69 Å². The van der Waals surface area contributed by atoms with Gasteiger partial charge in [-0.05, 0) is 38.5 Å². The lowest BCUT2D eigenvalue weighted by Crippen LogP contribution is -2.34. The quantitative estimate of drug-likeness (QED) is 0.330. The van der Waals surface area contributed by atoms with Crippen molar-refractivity contribution in [1.82, 2.24) is 9.97 Å². The molecule has 0 radical (unpaired) electrons. The van der Waals surface area contributed by atoms with E-state index in [1.807, 2.05) is 51.1 Å². The van der Waals surface area contributed by atoms with Crippen molar-refractivity contribution in [1.29, 1.82) is 0 Å². The number of thioether (sulfide) groups is 1. The number of aryl methyl sites for hydroxylation is 2. The van der Waals surface area contributed by atoms with Gasteiger partial charge >= 0.3 is 5.97 Å². The lowest BCUT2D eigenvalue weighted by molar-refractivity contribution is -0.145. The van der Waals surface area contributed by atoms with Gasteiger partial charge in [0.15, 0.2) is 6.61 Å². The Labute approximate surface area is 171 Å². The summed E-state index contributed by atoms with van der Waals surface area (Å²) in [7, 11) is 0. The zero-order valence-electron chi connectivity index (χ0n) is 16.0. The maximum Gasteiger partial charge on any atom is 0.316 e. The van der Waals surface area contributed by atoms with Gasteiger partial charge in [-0.25, -0.2) is 9.97 Å². The van der Waals surface area contributed by atoms with Crippen LogP contribution in [0.3, 0.4) is 0 Å². The van der Waals surface area contributed by atoms with Crippen LogP contribution in [0.25, 0.3) is 10.2 Å². The number of carbonyl (C=O) groups is 2. The average molecular weight is 416 g/mol. The summed E-state index contributed by atoms with van der Waals surface area (Å²) in [5.41, 5.74) is 1.92. The molecule has 0 spiro atoms. The molecule has 8 heteroatoms. The van der Waals surface area contributed by atoms with E-state index in [0.29, 0.717) is 6.54 Å². The summed E-state index contributed by atoms with van der Waals surface area (Å²) in [5.74, 6) is -0.606. The molecule has 0 bridgehead atoms. The van der Waals surface area contributed by atoms with Gasteiger partial charge in [0.25, 0.3) is 5.91 Å². The molecule has 0 saturated heterocycles. The summed E-state index contributed by atoms with van der Waals surface area (Å²) in [5, 5.41) is 1.75. The van der Waals surface area contributed by atoms with E-state index in [-0.39, 0.29) is 18.3 Å². The highest BCUT2D eigenvalue weighted by Gasteiger charge is 2.17. The fourth-order valence-corrected chi connectivity index (χ4v) is 4.67. The highest BCUT2D eigenvalue weighted by atomic mass is 32.2. The van der Waals surface area contributed by atoms with Gasteiger partial charge < -0.3 is 9.64 Å². The molecule has 0 saturated carbocycles. The van der Waals surface area contributed by atoms with Gasteiger partial charge in [-0.3, -0.25) is 9.59 Å². The predicted octanol–water partition coefficient (Wildman–Crippen LogP) is 4.00. The molecule has 3 aromatic rings. The van der Waals surface area contributed by atoms with E-state index in [1.54, 1.807) is 16.2 Å². The SMILES string of the molecule is CCN(C(=O)COC(=O)CSc1ncnc2sc(C)c(C)c12)c1ccccc1. The first-order valence-corrected chi connectivity index (χ1v) is 10.7. The van der Waals surface area contributed by atoms with Crippen molar-refractivity contribution in [2.75, 3.05) is 23.8 Å². The molecule has 146 valence electrons. The van der Waals surface area contributed by atoms with Gasteiger partial charge in [-0.1, -0.05) is 30.0 Å². The third-order valence-electron chi connectivity index (χ3n) is 4.30. The lowest BCUT2D eigenvalue weighted by atomic mass is 10.2. The van der Waals surface area contributed by atoms with E-state index in [1.165, 1.54) is 23.0 Å². The number of anilines is 1. The Morgan fingerprint density at radius 2 is 1.93 bits per heavy atom. The van der Waals surface area contributed by atoms with E-state index >= 15 is 0 Å². The van der Waals surface area contributed by atoms with Gasteiger partial charge in [-0.15, -0.1) is 11.3 Å². The van der Waals surface area contributed by atoms with Crippen LogP contribution in [-0.4, -0.2) is 40.7 Å². The normalized spacial score (nSPS) is 10.8. The van der Waals surface area contributed by atoms with Gasteiger partial charge in [-0.2, -0.15) is 0 Å². The molecule has 0 aliphatic carbocycles. The van der Waals surface area contributed by atoms with Crippen molar-refractivity contribution >= 4 is 50.9 Å². The number of aromatic nitrogens is 2. The Balaban J connectivity index is 1.57. The predicted molar refractivity (Wildman–Crippen MR) is 113 cm³/mol. The molecule has 0 aliphatic heterocycles.